The van der Waals surface area contributed by atoms with Gasteiger partial charge in [0.15, 0.2) is 0 Å². The number of likely N-dealkylation sites (tertiary alicyclic amines) is 1. The topological polar surface area (TPSA) is 40.5 Å². The van der Waals surface area contributed by atoms with Gasteiger partial charge in [-0.3, -0.25) is 4.79 Å². The first kappa shape index (κ1) is 14.0. The average Bonchev–Trinajstić information content (AvgIpc) is 3.05. The van der Waals surface area contributed by atoms with Crippen molar-refractivity contribution in [2.24, 2.45) is 5.92 Å². The van der Waals surface area contributed by atoms with Gasteiger partial charge in [-0.1, -0.05) is 36.4 Å². The molecule has 1 fully saturated rings. The molecule has 4 heteroatoms. The van der Waals surface area contributed by atoms with Gasteiger partial charge < -0.3 is 10.0 Å². The van der Waals surface area contributed by atoms with Gasteiger partial charge in [0.25, 0.3) is 5.91 Å². The third kappa shape index (κ3) is 2.13. The van der Waals surface area contributed by atoms with Gasteiger partial charge in [-0.25, -0.2) is 4.39 Å². The Balaban J connectivity index is 1.73. The molecule has 1 amide bonds. The summed E-state index contributed by atoms with van der Waals surface area (Å²) in [7, 11) is 0. The molecule has 1 saturated heterocycles. The third-order valence-corrected chi connectivity index (χ3v) is 4.84. The Morgan fingerprint density at radius 2 is 1.91 bits per heavy atom. The number of aliphatic hydroxyl groups is 1. The van der Waals surface area contributed by atoms with E-state index in [1.807, 2.05) is 18.2 Å². The van der Waals surface area contributed by atoms with E-state index in [4.69, 9.17) is 0 Å². The Kier molecular flexibility index (Phi) is 3.18. The minimum Gasteiger partial charge on any atom is -0.515 e. The molecule has 2 unspecified atom stereocenters. The van der Waals surface area contributed by atoms with Crippen molar-refractivity contribution < 1.29 is 14.3 Å². The van der Waals surface area contributed by atoms with Gasteiger partial charge in [0.1, 0.15) is 5.82 Å². The van der Waals surface area contributed by atoms with Crippen LogP contribution in [0.4, 0.5) is 4.39 Å². The zero-order valence-electron chi connectivity index (χ0n) is 12.4. The van der Waals surface area contributed by atoms with Crippen LogP contribution in [0.15, 0.2) is 60.4 Å². The summed E-state index contributed by atoms with van der Waals surface area (Å²) in [5, 5.41) is 9.52. The second-order valence-electron chi connectivity index (χ2n) is 6.10. The van der Waals surface area contributed by atoms with Crippen LogP contribution in [0.5, 0.6) is 0 Å². The molecule has 1 aliphatic heterocycles. The van der Waals surface area contributed by atoms with Crippen molar-refractivity contribution in [3.63, 3.8) is 0 Å². The lowest BCUT2D eigenvalue weighted by Crippen LogP contribution is -2.27. The average molecular weight is 309 g/mol. The van der Waals surface area contributed by atoms with E-state index in [0.717, 1.165) is 23.8 Å². The van der Waals surface area contributed by atoms with Gasteiger partial charge in [0.2, 0.25) is 0 Å². The Hall–Kier alpha value is -2.62. The highest BCUT2D eigenvalue weighted by atomic mass is 19.1. The van der Waals surface area contributed by atoms with Crippen LogP contribution in [0.3, 0.4) is 0 Å². The van der Waals surface area contributed by atoms with Crippen molar-refractivity contribution in [2.45, 2.75) is 19.0 Å². The summed E-state index contributed by atoms with van der Waals surface area (Å²) in [4.78, 5) is 14.4. The Morgan fingerprint density at radius 1 is 1.17 bits per heavy atom. The molecule has 2 atom stereocenters. The fourth-order valence-electron chi connectivity index (χ4n) is 3.80. The van der Waals surface area contributed by atoms with E-state index in [1.165, 1.54) is 17.7 Å². The molecule has 2 aliphatic rings. The van der Waals surface area contributed by atoms with Crippen molar-refractivity contribution in [2.75, 3.05) is 0 Å². The molecule has 2 aromatic carbocycles. The standard InChI is InChI=1S/C19H16FNO2/c20-14-7-5-12(6-8-14)10-21-18-15-4-2-1-3-13(15)9-16(18)17(11-22)19(21)23/h1-8,11,16,18,22H,9-10H2. The van der Waals surface area contributed by atoms with Crippen molar-refractivity contribution in [1.29, 1.82) is 0 Å². The van der Waals surface area contributed by atoms with E-state index >= 15 is 0 Å². The van der Waals surface area contributed by atoms with E-state index in [9.17, 15) is 14.3 Å². The molecule has 2 aromatic rings. The number of hydrogen-bond acceptors (Lipinski definition) is 2. The van der Waals surface area contributed by atoms with Crippen LogP contribution in [0.2, 0.25) is 0 Å². The number of aliphatic hydroxyl groups excluding tert-OH is 1. The molecule has 1 heterocycles. The summed E-state index contributed by atoms with van der Waals surface area (Å²) in [6, 6.07) is 14.2. The van der Waals surface area contributed by atoms with E-state index < -0.39 is 0 Å². The quantitative estimate of drug-likeness (QED) is 0.681. The molecule has 23 heavy (non-hydrogen) atoms. The third-order valence-electron chi connectivity index (χ3n) is 4.84. The highest BCUT2D eigenvalue weighted by Crippen LogP contribution is 2.49. The molecule has 4 rings (SSSR count). The first-order valence-corrected chi connectivity index (χ1v) is 7.66. The summed E-state index contributed by atoms with van der Waals surface area (Å²) in [5.74, 6) is -0.437. The number of halogens is 1. The first-order chi connectivity index (χ1) is 11.2. The molecule has 1 aliphatic carbocycles. The Bertz CT molecular complexity index is 797. The summed E-state index contributed by atoms with van der Waals surface area (Å²) in [5.41, 5.74) is 3.71. The SMILES string of the molecule is O=C1C(=CO)C2Cc3ccccc3C2N1Cc1ccc(F)cc1. The molecule has 0 spiro atoms. The summed E-state index contributed by atoms with van der Waals surface area (Å²) in [6.45, 7) is 0.409. The lowest BCUT2D eigenvalue weighted by molar-refractivity contribution is -0.127. The molecule has 116 valence electrons. The van der Waals surface area contributed by atoms with Crippen LogP contribution < -0.4 is 0 Å². The van der Waals surface area contributed by atoms with Crippen LogP contribution in [-0.4, -0.2) is 15.9 Å². The number of carbonyl (C=O) groups excluding carboxylic acids is 1. The van der Waals surface area contributed by atoms with Gasteiger partial charge in [0.05, 0.1) is 17.9 Å². The normalized spacial score (nSPS) is 24.1. The first-order valence-electron chi connectivity index (χ1n) is 7.66. The molecule has 0 bridgehead atoms. The number of benzene rings is 2. The second-order valence-corrected chi connectivity index (χ2v) is 6.10. The number of nitrogens with zero attached hydrogens (tertiary/aromatic N) is 1. The van der Waals surface area contributed by atoms with E-state index in [-0.39, 0.29) is 23.7 Å². The van der Waals surface area contributed by atoms with Crippen molar-refractivity contribution in [3.05, 3.63) is 82.9 Å². The molecule has 3 nitrogen and oxygen atoms in total. The van der Waals surface area contributed by atoms with Crippen LogP contribution >= 0.6 is 0 Å². The zero-order chi connectivity index (χ0) is 16.0. The number of rotatable bonds is 2. The van der Waals surface area contributed by atoms with Crippen LogP contribution in [0.25, 0.3) is 0 Å². The van der Waals surface area contributed by atoms with Crippen molar-refractivity contribution >= 4 is 5.91 Å². The zero-order valence-corrected chi connectivity index (χ0v) is 12.4. The van der Waals surface area contributed by atoms with Gasteiger partial charge in [-0.15, -0.1) is 0 Å². The lowest BCUT2D eigenvalue weighted by Gasteiger charge is -2.24. The van der Waals surface area contributed by atoms with Crippen molar-refractivity contribution in [1.82, 2.24) is 4.90 Å². The van der Waals surface area contributed by atoms with Crippen LogP contribution in [0, 0.1) is 11.7 Å². The van der Waals surface area contributed by atoms with Gasteiger partial charge in [-0.05, 0) is 35.2 Å². The van der Waals surface area contributed by atoms with Crippen LogP contribution in [0.1, 0.15) is 22.7 Å². The molecule has 0 radical (unpaired) electrons. The lowest BCUT2D eigenvalue weighted by atomic mass is 9.97. The summed E-state index contributed by atoms with van der Waals surface area (Å²) >= 11 is 0. The largest absolute Gasteiger partial charge is 0.515 e. The maximum Gasteiger partial charge on any atom is 0.254 e. The summed E-state index contributed by atoms with van der Waals surface area (Å²) in [6.07, 6.45) is 1.72. The predicted octanol–water partition coefficient (Wildman–Crippen LogP) is 3.52. The van der Waals surface area contributed by atoms with E-state index in [1.54, 1.807) is 17.0 Å². The van der Waals surface area contributed by atoms with Crippen LogP contribution in [-0.2, 0) is 17.8 Å². The Morgan fingerprint density at radius 3 is 2.65 bits per heavy atom. The van der Waals surface area contributed by atoms with E-state index in [0.29, 0.717) is 12.1 Å². The minimum atomic E-state index is -0.290. The Labute approximate surface area is 133 Å². The maximum absolute atomic E-state index is 13.1. The van der Waals surface area contributed by atoms with Gasteiger partial charge in [-0.2, -0.15) is 0 Å². The molecular weight excluding hydrogens is 293 g/mol. The van der Waals surface area contributed by atoms with Crippen molar-refractivity contribution in [3.8, 4) is 0 Å². The molecule has 0 aromatic heterocycles. The second kappa shape index (κ2) is 5.23. The number of amides is 1. The molecule has 1 N–H and O–H groups in total. The molecule has 0 saturated carbocycles. The predicted molar refractivity (Wildman–Crippen MR) is 84.0 cm³/mol. The molecular formula is C19H16FNO2. The smallest absolute Gasteiger partial charge is 0.254 e. The fourth-order valence-corrected chi connectivity index (χ4v) is 3.80. The number of hydrogen-bond donors (Lipinski definition) is 1. The number of fused-ring (bicyclic) bond motifs is 3. The summed E-state index contributed by atoms with van der Waals surface area (Å²) < 4.78 is 13.1. The van der Waals surface area contributed by atoms with E-state index in [2.05, 4.69) is 6.07 Å². The highest BCUT2D eigenvalue weighted by molar-refractivity contribution is 5.97. The maximum atomic E-state index is 13.1. The van der Waals surface area contributed by atoms with Gasteiger partial charge >= 0.3 is 0 Å². The number of carbonyl (C=O) groups is 1. The minimum absolute atomic E-state index is 0.00894. The highest BCUT2D eigenvalue weighted by Gasteiger charge is 2.49. The van der Waals surface area contributed by atoms with Gasteiger partial charge in [0, 0.05) is 12.5 Å². The fraction of sp³-hybridized carbons (Fsp3) is 0.211. The monoisotopic (exact) mass is 309 g/mol.